The molecule has 3 rings (SSSR count). The number of methoxy groups -OCH3 is 2. The van der Waals surface area contributed by atoms with E-state index in [-0.39, 0.29) is 5.69 Å². The Hall–Kier alpha value is -3.61. The van der Waals surface area contributed by atoms with E-state index in [2.05, 4.69) is 5.32 Å². The molecule has 0 aromatic heterocycles. The van der Waals surface area contributed by atoms with Crippen LogP contribution in [0.1, 0.15) is 5.56 Å². The van der Waals surface area contributed by atoms with Gasteiger partial charge in [0.2, 0.25) is 0 Å². The van der Waals surface area contributed by atoms with Gasteiger partial charge in [-0.05, 0) is 29.8 Å². The summed E-state index contributed by atoms with van der Waals surface area (Å²) in [5.41, 5.74) is 1.57. The van der Waals surface area contributed by atoms with Crippen molar-refractivity contribution in [1.29, 1.82) is 0 Å². The third kappa shape index (κ3) is 4.03. The van der Waals surface area contributed by atoms with Crippen LogP contribution in [0.15, 0.2) is 60.7 Å². The number of esters is 1. The van der Waals surface area contributed by atoms with Crippen LogP contribution in [0, 0.1) is 10.1 Å². The standard InChI is InChI=1S/C21H20N2O5/c1-27-15-9-7-14(8-10-15)13-19(21(24)28-2)22-18-11-12-20(23(25)26)17-6-4-3-5-16(17)18/h3-12,19,22H,13H2,1-2H3. The van der Waals surface area contributed by atoms with E-state index in [1.807, 2.05) is 24.3 Å². The lowest BCUT2D eigenvalue weighted by Crippen LogP contribution is -2.32. The Balaban J connectivity index is 1.94. The predicted octanol–water partition coefficient (Wildman–Crippen LogP) is 3.95. The molecule has 7 heteroatoms. The number of rotatable bonds is 7. The molecule has 144 valence electrons. The summed E-state index contributed by atoms with van der Waals surface area (Å²) in [6, 6.07) is 16.8. The maximum Gasteiger partial charge on any atom is 0.328 e. The fourth-order valence-electron chi connectivity index (χ4n) is 3.09. The Bertz CT molecular complexity index is 1000. The first-order chi connectivity index (χ1) is 13.5. The smallest absolute Gasteiger partial charge is 0.328 e. The number of carbonyl (C=O) groups is 1. The van der Waals surface area contributed by atoms with Crippen LogP contribution in [0.4, 0.5) is 11.4 Å². The molecule has 0 spiro atoms. The summed E-state index contributed by atoms with van der Waals surface area (Å²) < 4.78 is 10.1. The first kappa shape index (κ1) is 19.2. The average molecular weight is 380 g/mol. The molecule has 7 nitrogen and oxygen atoms in total. The van der Waals surface area contributed by atoms with Gasteiger partial charge in [-0.15, -0.1) is 0 Å². The van der Waals surface area contributed by atoms with Crippen molar-refractivity contribution in [2.75, 3.05) is 19.5 Å². The Labute approximate surface area is 162 Å². The van der Waals surface area contributed by atoms with Crippen molar-refractivity contribution in [2.45, 2.75) is 12.5 Å². The Kier molecular flexibility index (Phi) is 5.74. The van der Waals surface area contributed by atoms with Crippen LogP contribution in [0.5, 0.6) is 5.75 Å². The molecule has 0 saturated heterocycles. The second kappa shape index (κ2) is 8.39. The highest BCUT2D eigenvalue weighted by molar-refractivity contribution is 6.00. The van der Waals surface area contributed by atoms with Crippen molar-refractivity contribution in [3.05, 3.63) is 76.3 Å². The molecule has 0 aliphatic carbocycles. The van der Waals surface area contributed by atoms with Crippen LogP contribution >= 0.6 is 0 Å². The molecule has 0 aliphatic rings. The molecule has 1 unspecified atom stereocenters. The van der Waals surface area contributed by atoms with E-state index in [0.29, 0.717) is 22.9 Å². The monoisotopic (exact) mass is 380 g/mol. The second-order valence-electron chi connectivity index (χ2n) is 6.21. The van der Waals surface area contributed by atoms with Crippen molar-refractivity contribution >= 4 is 28.1 Å². The first-order valence-corrected chi connectivity index (χ1v) is 8.67. The second-order valence-corrected chi connectivity index (χ2v) is 6.21. The molecule has 0 fully saturated rings. The largest absolute Gasteiger partial charge is 0.497 e. The summed E-state index contributed by atoms with van der Waals surface area (Å²) in [4.78, 5) is 23.2. The third-order valence-corrected chi connectivity index (χ3v) is 4.51. The lowest BCUT2D eigenvalue weighted by atomic mass is 10.0. The first-order valence-electron chi connectivity index (χ1n) is 8.67. The highest BCUT2D eigenvalue weighted by atomic mass is 16.6. The minimum atomic E-state index is -0.650. The lowest BCUT2D eigenvalue weighted by Gasteiger charge is -2.19. The molecule has 0 aliphatic heterocycles. The van der Waals surface area contributed by atoms with Crippen LogP contribution in [0.2, 0.25) is 0 Å². The number of nitro groups is 1. The zero-order valence-corrected chi connectivity index (χ0v) is 15.5. The molecule has 0 saturated carbocycles. The van der Waals surface area contributed by atoms with Crippen LogP contribution in [0.3, 0.4) is 0 Å². The van der Waals surface area contributed by atoms with Gasteiger partial charge in [0.15, 0.2) is 0 Å². The zero-order valence-electron chi connectivity index (χ0n) is 15.5. The van der Waals surface area contributed by atoms with Gasteiger partial charge in [0, 0.05) is 23.6 Å². The highest BCUT2D eigenvalue weighted by Crippen LogP contribution is 2.32. The maximum atomic E-state index is 12.3. The molecule has 0 heterocycles. The number of fused-ring (bicyclic) bond motifs is 1. The van der Waals surface area contributed by atoms with Gasteiger partial charge in [0.1, 0.15) is 11.8 Å². The molecule has 0 radical (unpaired) electrons. The normalized spacial score (nSPS) is 11.6. The number of benzene rings is 3. The van der Waals surface area contributed by atoms with Crippen LogP contribution < -0.4 is 10.1 Å². The molecule has 28 heavy (non-hydrogen) atoms. The number of non-ortho nitro benzene ring substituents is 1. The lowest BCUT2D eigenvalue weighted by molar-refractivity contribution is -0.383. The van der Waals surface area contributed by atoms with Crippen molar-refractivity contribution in [2.24, 2.45) is 0 Å². The third-order valence-electron chi connectivity index (χ3n) is 4.51. The van der Waals surface area contributed by atoms with E-state index in [1.165, 1.54) is 13.2 Å². The number of ether oxygens (including phenoxy) is 2. The Morgan fingerprint density at radius 3 is 2.32 bits per heavy atom. The van der Waals surface area contributed by atoms with E-state index in [1.54, 1.807) is 37.4 Å². The number of nitrogens with zero attached hydrogens (tertiary/aromatic N) is 1. The molecule has 0 amide bonds. The van der Waals surface area contributed by atoms with Gasteiger partial charge in [0.05, 0.1) is 24.5 Å². The van der Waals surface area contributed by atoms with E-state index in [4.69, 9.17) is 9.47 Å². The van der Waals surface area contributed by atoms with Gasteiger partial charge in [0.25, 0.3) is 5.69 Å². The van der Waals surface area contributed by atoms with E-state index < -0.39 is 16.9 Å². The summed E-state index contributed by atoms with van der Waals surface area (Å²) in [5.74, 6) is 0.311. The molecule has 3 aromatic rings. The molecular formula is C21H20N2O5. The summed E-state index contributed by atoms with van der Waals surface area (Å²) in [7, 11) is 2.92. The number of nitrogens with one attached hydrogen (secondary N) is 1. The fourth-order valence-corrected chi connectivity index (χ4v) is 3.09. The van der Waals surface area contributed by atoms with Crippen LogP contribution in [0.25, 0.3) is 10.8 Å². The van der Waals surface area contributed by atoms with Gasteiger partial charge in [-0.3, -0.25) is 10.1 Å². The summed E-state index contributed by atoms with van der Waals surface area (Å²) >= 11 is 0. The van der Waals surface area contributed by atoms with Crippen molar-refractivity contribution in [1.82, 2.24) is 0 Å². The molecular weight excluding hydrogens is 360 g/mol. The minimum absolute atomic E-state index is 0.0194. The molecule has 0 bridgehead atoms. The van der Waals surface area contributed by atoms with Gasteiger partial charge in [-0.1, -0.05) is 30.3 Å². The summed E-state index contributed by atoms with van der Waals surface area (Å²) in [5, 5.41) is 15.7. The van der Waals surface area contributed by atoms with Crippen molar-refractivity contribution < 1.29 is 19.2 Å². The number of hydrogen-bond acceptors (Lipinski definition) is 6. The van der Waals surface area contributed by atoms with Crippen molar-refractivity contribution in [3.63, 3.8) is 0 Å². The summed E-state index contributed by atoms with van der Waals surface area (Å²) in [6.07, 6.45) is 0.391. The molecule has 1 N–H and O–H groups in total. The Morgan fingerprint density at radius 1 is 1.04 bits per heavy atom. The van der Waals surface area contributed by atoms with Crippen LogP contribution in [-0.4, -0.2) is 31.2 Å². The Morgan fingerprint density at radius 2 is 1.71 bits per heavy atom. The predicted molar refractivity (Wildman–Crippen MR) is 107 cm³/mol. The van der Waals surface area contributed by atoms with Gasteiger partial charge in [-0.2, -0.15) is 0 Å². The average Bonchev–Trinajstić information content (AvgIpc) is 2.73. The quantitative estimate of drug-likeness (QED) is 0.379. The molecule has 3 aromatic carbocycles. The van der Waals surface area contributed by atoms with E-state index in [9.17, 15) is 14.9 Å². The van der Waals surface area contributed by atoms with E-state index >= 15 is 0 Å². The summed E-state index contributed by atoms with van der Waals surface area (Å²) in [6.45, 7) is 0. The number of anilines is 1. The number of nitro benzene ring substituents is 1. The SMILES string of the molecule is COC(=O)C(Cc1ccc(OC)cc1)Nc1ccc([N+](=O)[O-])c2ccccc12. The number of carbonyl (C=O) groups excluding carboxylic acids is 1. The topological polar surface area (TPSA) is 90.7 Å². The van der Waals surface area contributed by atoms with Gasteiger partial charge >= 0.3 is 5.97 Å². The van der Waals surface area contributed by atoms with Gasteiger partial charge in [-0.25, -0.2) is 4.79 Å². The van der Waals surface area contributed by atoms with Crippen molar-refractivity contribution in [3.8, 4) is 5.75 Å². The number of hydrogen-bond donors (Lipinski definition) is 1. The van der Waals surface area contributed by atoms with Gasteiger partial charge < -0.3 is 14.8 Å². The van der Waals surface area contributed by atoms with Crippen LogP contribution in [-0.2, 0) is 16.0 Å². The highest BCUT2D eigenvalue weighted by Gasteiger charge is 2.22. The fraction of sp³-hybridized carbons (Fsp3) is 0.190. The van der Waals surface area contributed by atoms with E-state index in [0.717, 1.165) is 11.3 Å². The minimum Gasteiger partial charge on any atom is -0.497 e. The maximum absolute atomic E-state index is 12.3. The molecule has 1 atom stereocenters. The zero-order chi connectivity index (χ0) is 20.1.